The van der Waals surface area contributed by atoms with E-state index in [9.17, 15) is 4.79 Å². The van der Waals surface area contributed by atoms with E-state index in [1.54, 1.807) is 0 Å². The second kappa shape index (κ2) is 2.33. The van der Waals surface area contributed by atoms with Gasteiger partial charge in [0.15, 0.2) is 0 Å². The van der Waals surface area contributed by atoms with E-state index in [1.165, 1.54) is 12.8 Å². The summed E-state index contributed by atoms with van der Waals surface area (Å²) in [5.74, 6) is 3.16. The van der Waals surface area contributed by atoms with Crippen LogP contribution in [0.4, 0.5) is 0 Å². The molecule has 3 aliphatic carbocycles. The van der Waals surface area contributed by atoms with E-state index in [4.69, 9.17) is 0 Å². The largest absolute Gasteiger partial charge is 0.299 e. The summed E-state index contributed by atoms with van der Waals surface area (Å²) >= 11 is 0. The molecule has 1 heteroatoms. The molecule has 0 N–H and O–H groups in total. The van der Waals surface area contributed by atoms with Gasteiger partial charge in [0.25, 0.3) is 0 Å². The van der Waals surface area contributed by atoms with Crippen LogP contribution in [0.2, 0.25) is 0 Å². The first-order valence-electron chi connectivity index (χ1n) is 4.73. The van der Waals surface area contributed by atoms with Crippen molar-refractivity contribution in [1.82, 2.24) is 0 Å². The van der Waals surface area contributed by atoms with Gasteiger partial charge in [0.05, 0.1) is 0 Å². The topological polar surface area (TPSA) is 17.1 Å². The lowest BCUT2D eigenvalue weighted by Crippen LogP contribution is -2.42. The summed E-state index contributed by atoms with van der Waals surface area (Å²) in [6.45, 7) is 4.56. The van der Waals surface area contributed by atoms with Gasteiger partial charge in [-0.1, -0.05) is 13.8 Å². The third-order valence-electron chi connectivity index (χ3n) is 3.93. The molecular weight excluding hydrogens is 136 g/mol. The maximum absolute atomic E-state index is 11.4. The molecule has 4 atom stereocenters. The quantitative estimate of drug-likeness (QED) is 0.520. The Morgan fingerprint density at radius 2 is 1.91 bits per heavy atom. The van der Waals surface area contributed by atoms with E-state index in [1.807, 2.05) is 0 Å². The van der Waals surface area contributed by atoms with Crippen molar-refractivity contribution in [2.24, 2.45) is 23.7 Å². The summed E-state index contributed by atoms with van der Waals surface area (Å²) in [6, 6.07) is 0. The molecule has 0 aromatic heterocycles. The summed E-state index contributed by atoms with van der Waals surface area (Å²) in [5.41, 5.74) is 0. The number of Topliss-reactive ketones (excluding diaryl/α,β-unsaturated/α-hetero) is 1. The molecule has 0 aromatic carbocycles. The van der Waals surface area contributed by atoms with Crippen LogP contribution in [-0.4, -0.2) is 5.78 Å². The number of carbonyl (C=O) groups is 1. The molecule has 0 aromatic rings. The van der Waals surface area contributed by atoms with Gasteiger partial charge in [0.2, 0.25) is 0 Å². The number of hydrogen-bond acceptors (Lipinski definition) is 1. The predicted molar refractivity (Wildman–Crippen MR) is 44.2 cm³/mol. The molecule has 0 spiro atoms. The minimum atomic E-state index is 0.426. The highest BCUT2D eigenvalue weighted by Crippen LogP contribution is 2.46. The predicted octanol–water partition coefficient (Wildman–Crippen LogP) is 2.26. The van der Waals surface area contributed by atoms with Gasteiger partial charge in [-0.05, 0) is 30.6 Å². The van der Waals surface area contributed by atoms with Crippen molar-refractivity contribution in [3.63, 3.8) is 0 Å². The first kappa shape index (κ1) is 7.33. The number of carbonyl (C=O) groups excluding carboxylic acids is 1. The van der Waals surface area contributed by atoms with E-state index < -0.39 is 0 Å². The third kappa shape index (κ3) is 0.935. The molecule has 0 radical (unpaired) electrons. The second-order valence-electron chi connectivity index (χ2n) is 4.33. The van der Waals surface area contributed by atoms with Gasteiger partial charge in [0.1, 0.15) is 5.78 Å². The first-order chi connectivity index (χ1) is 5.20. The average molecular weight is 152 g/mol. The normalized spacial score (nSPS) is 49.8. The molecule has 0 heterocycles. The van der Waals surface area contributed by atoms with Crippen molar-refractivity contribution >= 4 is 5.78 Å². The monoisotopic (exact) mass is 152 g/mol. The van der Waals surface area contributed by atoms with Crippen LogP contribution in [0.15, 0.2) is 0 Å². The molecule has 4 unspecified atom stereocenters. The zero-order chi connectivity index (χ0) is 8.01. The standard InChI is InChI=1S/C10H16O/c1-6-7(2)9-4-3-8(6)5-10(9)11/h6-9H,3-5H2,1-2H3. The molecule has 3 fully saturated rings. The molecule has 3 saturated carbocycles. The smallest absolute Gasteiger partial charge is 0.136 e. The molecule has 0 saturated heterocycles. The lowest BCUT2D eigenvalue weighted by Gasteiger charge is -2.44. The summed E-state index contributed by atoms with van der Waals surface area (Å²) in [4.78, 5) is 11.4. The van der Waals surface area contributed by atoms with E-state index in [0.29, 0.717) is 17.6 Å². The molecule has 0 amide bonds. The van der Waals surface area contributed by atoms with Gasteiger partial charge in [-0.2, -0.15) is 0 Å². The van der Waals surface area contributed by atoms with Gasteiger partial charge in [-0.3, -0.25) is 4.79 Å². The molecule has 11 heavy (non-hydrogen) atoms. The lowest BCUT2D eigenvalue weighted by molar-refractivity contribution is -0.135. The average Bonchev–Trinajstić information content (AvgIpc) is 1.99. The molecule has 3 aliphatic rings. The second-order valence-corrected chi connectivity index (χ2v) is 4.33. The fourth-order valence-electron chi connectivity index (χ4n) is 2.87. The molecule has 2 bridgehead atoms. The van der Waals surface area contributed by atoms with Gasteiger partial charge in [-0.15, -0.1) is 0 Å². The highest BCUT2D eigenvalue weighted by molar-refractivity contribution is 5.83. The Morgan fingerprint density at radius 1 is 1.18 bits per heavy atom. The highest BCUT2D eigenvalue weighted by atomic mass is 16.1. The summed E-state index contributed by atoms with van der Waals surface area (Å²) < 4.78 is 0. The zero-order valence-corrected chi connectivity index (χ0v) is 7.34. The van der Waals surface area contributed by atoms with Gasteiger partial charge in [-0.25, -0.2) is 0 Å². The fourth-order valence-corrected chi connectivity index (χ4v) is 2.87. The van der Waals surface area contributed by atoms with Crippen molar-refractivity contribution < 1.29 is 4.79 Å². The van der Waals surface area contributed by atoms with Crippen LogP contribution in [0.3, 0.4) is 0 Å². The van der Waals surface area contributed by atoms with Gasteiger partial charge < -0.3 is 0 Å². The van der Waals surface area contributed by atoms with Crippen molar-refractivity contribution in [3.05, 3.63) is 0 Å². The van der Waals surface area contributed by atoms with Crippen molar-refractivity contribution in [1.29, 1.82) is 0 Å². The minimum absolute atomic E-state index is 0.426. The Morgan fingerprint density at radius 3 is 2.36 bits per heavy atom. The molecule has 3 rings (SSSR count). The van der Waals surface area contributed by atoms with Crippen LogP contribution in [0.1, 0.15) is 33.1 Å². The van der Waals surface area contributed by atoms with Crippen LogP contribution in [0.5, 0.6) is 0 Å². The van der Waals surface area contributed by atoms with Crippen LogP contribution in [0.25, 0.3) is 0 Å². The van der Waals surface area contributed by atoms with E-state index in [0.717, 1.165) is 18.3 Å². The van der Waals surface area contributed by atoms with Crippen molar-refractivity contribution in [2.45, 2.75) is 33.1 Å². The Balaban J connectivity index is 2.23. The van der Waals surface area contributed by atoms with Crippen LogP contribution >= 0.6 is 0 Å². The van der Waals surface area contributed by atoms with Crippen LogP contribution in [0, 0.1) is 23.7 Å². The molecule has 1 nitrogen and oxygen atoms in total. The number of hydrogen-bond donors (Lipinski definition) is 0. The number of ketones is 1. The summed E-state index contributed by atoms with van der Waals surface area (Å²) in [7, 11) is 0. The van der Waals surface area contributed by atoms with Crippen molar-refractivity contribution in [2.75, 3.05) is 0 Å². The zero-order valence-electron chi connectivity index (χ0n) is 7.34. The van der Waals surface area contributed by atoms with E-state index in [-0.39, 0.29) is 0 Å². The first-order valence-corrected chi connectivity index (χ1v) is 4.73. The minimum Gasteiger partial charge on any atom is -0.299 e. The number of rotatable bonds is 0. The lowest BCUT2D eigenvalue weighted by atomic mass is 9.59. The molecule has 0 aliphatic heterocycles. The van der Waals surface area contributed by atoms with Crippen LogP contribution < -0.4 is 0 Å². The highest BCUT2D eigenvalue weighted by Gasteiger charge is 2.43. The Bertz CT molecular complexity index is 183. The molecular formula is C10H16O. The SMILES string of the molecule is CC1C2CCC(C(=O)C2)C1C. The Labute approximate surface area is 68.2 Å². The third-order valence-corrected chi connectivity index (χ3v) is 3.93. The van der Waals surface area contributed by atoms with Gasteiger partial charge in [0, 0.05) is 12.3 Å². The summed E-state index contributed by atoms with van der Waals surface area (Å²) in [6.07, 6.45) is 3.37. The fraction of sp³-hybridized carbons (Fsp3) is 0.900. The van der Waals surface area contributed by atoms with Crippen LogP contribution in [-0.2, 0) is 4.79 Å². The van der Waals surface area contributed by atoms with Gasteiger partial charge >= 0.3 is 0 Å². The van der Waals surface area contributed by atoms with E-state index >= 15 is 0 Å². The maximum atomic E-state index is 11.4. The van der Waals surface area contributed by atoms with Crippen molar-refractivity contribution in [3.8, 4) is 0 Å². The number of fused-ring (bicyclic) bond motifs is 3. The maximum Gasteiger partial charge on any atom is 0.136 e. The molecule has 62 valence electrons. The Kier molecular flexibility index (Phi) is 1.55. The summed E-state index contributed by atoms with van der Waals surface area (Å²) in [5, 5.41) is 0. The Hall–Kier alpha value is -0.330. The van der Waals surface area contributed by atoms with E-state index in [2.05, 4.69) is 13.8 Å².